The molecule has 1 aromatic rings. The predicted octanol–water partition coefficient (Wildman–Crippen LogP) is 1.55. The van der Waals surface area contributed by atoms with Crippen LogP contribution in [0.5, 0.6) is 0 Å². The summed E-state index contributed by atoms with van der Waals surface area (Å²) in [7, 11) is 1.43. The molecule has 0 saturated carbocycles. The largest absolute Gasteiger partial charge is 0.379 e. The third kappa shape index (κ3) is 2.46. The van der Waals surface area contributed by atoms with Crippen LogP contribution < -0.4 is 5.73 Å². The first-order valence-electron chi connectivity index (χ1n) is 5.44. The Balaban J connectivity index is 2.31. The van der Waals surface area contributed by atoms with Gasteiger partial charge in [0.2, 0.25) is 0 Å². The van der Waals surface area contributed by atoms with Crippen molar-refractivity contribution < 1.29 is 14.6 Å². The standard InChI is InChI=1S/C12H16ClNO3/c1-16-11(15)8-2-3-9(10(13)6-8)12(14)4-5-17-7-12/h2-3,6,11,15H,4-5,7,14H2,1H3. The van der Waals surface area contributed by atoms with E-state index in [1.54, 1.807) is 12.1 Å². The van der Waals surface area contributed by atoms with Crippen LogP contribution in [0.15, 0.2) is 18.2 Å². The molecule has 0 amide bonds. The van der Waals surface area contributed by atoms with Crippen LogP contribution >= 0.6 is 11.6 Å². The zero-order chi connectivity index (χ0) is 12.5. The van der Waals surface area contributed by atoms with E-state index in [2.05, 4.69) is 0 Å². The van der Waals surface area contributed by atoms with Crippen LogP contribution in [0.25, 0.3) is 0 Å². The lowest BCUT2D eigenvalue weighted by Crippen LogP contribution is -2.37. The Labute approximate surface area is 105 Å². The number of hydrogen-bond donors (Lipinski definition) is 2. The van der Waals surface area contributed by atoms with Crippen molar-refractivity contribution in [3.05, 3.63) is 34.3 Å². The van der Waals surface area contributed by atoms with Crippen LogP contribution in [0.1, 0.15) is 23.8 Å². The molecule has 17 heavy (non-hydrogen) atoms. The van der Waals surface area contributed by atoms with Gasteiger partial charge in [0.1, 0.15) is 0 Å². The molecule has 1 aromatic carbocycles. The highest BCUT2D eigenvalue weighted by Crippen LogP contribution is 2.34. The third-order valence-electron chi connectivity index (χ3n) is 3.09. The second-order valence-electron chi connectivity index (χ2n) is 4.29. The number of aliphatic hydroxyl groups is 1. The van der Waals surface area contributed by atoms with E-state index in [-0.39, 0.29) is 0 Å². The lowest BCUT2D eigenvalue weighted by Gasteiger charge is -2.24. The monoisotopic (exact) mass is 257 g/mol. The highest BCUT2D eigenvalue weighted by molar-refractivity contribution is 6.31. The molecule has 0 aliphatic carbocycles. The highest BCUT2D eigenvalue weighted by atomic mass is 35.5. The van der Waals surface area contributed by atoms with Crippen molar-refractivity contribution in [3.8, 4) is 0 Å². The van der Waals surface area contributed by atoms with E-state index in [9.17, 15) is 5.11 Å². The zero-order valence-electron chi connectivity index (χ0n) is 9.65. The topological polar surface area (TPSA) is 64.7 Å². The van der Waals surface area contributed by atoms with Crippen molar-refractivity contribution in [3.63, 3.8) is 0 Å². The van der Waals surface area contributed by atoms with Crippen molar-refractivity contribution in [2.45, 2.75) is 18.2 Å². The third-order valence-corrected chi connectivity index (χ3v) is 3.40. The maximum atomic E-state index is 9.54. The van der Waals surface area contributed by atoms with Crippen molar-refractivity contribution in [1.29, 1.82) is 0 Å². The Bertz CT molecular complexity index is 405. The molecular formula is C12H16ClNO3. The molecule has 2 unspecified atom stereocenters. The van der Waals surface area contributed by atoms with Crippen LogP contribution in [0, 0.1) is 0 Å². The molecule has 1 heterocycles. The second kappa shape index (κ2) is 4.92. The van der Waals surface area contributed by atoms with Gasteiger partial charge in [-0.1, -0.05) is 23.7 Å². The fraction of sp³-hybridized carbons (Fsp3) is 0.500. The summed E-state index contributed by atoms with van der Waals surface area (Å²) in [6.07, 6.45) is -0.214. The molecular weight excluding hydrogens is 242 g/mol. The van der Waals surface area contributed by atoms with E-state index in [0.29, 0.717) is 23.8 Å². The van der Waals surface area contributed by atoms with Gasteiger partial charge in [-0.25, -0.2) is 0 Å². The van der Waals surface area contributed by atoms with Gasteiger partial charge in [0.25, 0.3) is 0 Å². The summed E-state index contributed by atoms with van der Waals surface area (Å²) in [5.41, 5.74) is 7.18. The highest BCUT2D eigenvalue weighted by Gasteiger charge is 2.34. The number of ether oxygens (including phenoxy) is 2. The lowest BCUT2D eigenvalue weighted by molar-refractivity contribution is -0.0769. The molecule has 3 N–H and O–H groups in total. The molecule has 0 spiro atoms. The quantitative estimate of drug-likeness (QED) is 0.807. The van der Waals surface area contributed by atoms with E-state index < -0.39 is 11.8 Å². The lowest BCUT2D eigenvalue weighted by atomic mass is 9.89. The van der Waals surface area contributed by atoms with Crippen LogP contribution in [-0.4, -0.2) is 25.4 Å². The molecule has 1 aliphatic heterocycles. The molecule has 5 heteroatoms. The number of hydrogen-bond acceptors (Lipinski definition) is 4. The van der Waals surface area contributed by atoms with Crippen molar-refractivity contribution in [1.82, 2.24) is 0 Å². The van der Waals surface area contributed by atoms with Gasteiger partial charge in [-0.15, -0.1) is 0 Å². The average molecular weight is 258 g/mol. The molecule has 94 valence electrons. The van der Waals surface area contributed by atoms with Crippen LogP contribution in [0.4, 0.5) is 0 Å². The number of rotatable bonds is 3. The summed E-state index contributed by atoms with van der Waals surface area (Å²) in [5.74, 6) is 0. The van der Waals surface area contributed by atoms with Gasteiger partial charge in [0.05, 0.1) is 12.1 Å². The van der Waals surface area contributed by atoms with E-state index in [0.717, 1.165) is 12.0 Å². The summed E-state index contributed by atoms with van der Waals surface area (Å²) in [6.45, 7) is 1.12. The van der Waals surface area contributed by atoms with Gasteiger partial charge >= 0.3 is 0 Å². The number of aliphatic hydroxyl groups excluding tert-OH is 1. The molecule has 1 saturated heterocycles. The zero-order valence-corrected chi connectivity index (χ0v) is 10.4. The van der Waals surface area contributed by atoms with Gasteiger partial charge in [-0.05, 0) is 18.1 Å². The molecule has 1 aliphatic rings. The van der Waals surface area contributed by atoms with Gasteiger partial charge in [-0.3, -0.25) is 0 Å². The van der Waals surface area contributed by atoms with E-state index >= 15 is 0 Å². The van der Waals surface area contributed by atoms with E-state index in [1.807, 2.05) is 6.07 Å². The molecule has 4 nitrogen and oxygen atoms in total. The Hall–Kier alpha value is -0.650. The number of methoxy groups -OCH3 is 1. The summed E-state index contributed by atoms with van der Waals surface area (Å²) < 4.78 is 10.1. The maximum Gasteiger partial charge on any atom is 0.180 e. The Morgan fingerprint density at radius 1 is 1.59 bits per heavy atom. The van der Waals surface area contributed by atoms with Crippen molar-refractivity contribution in [2.75, 3.05) is 20.3 Å². The van der Waals surface area contributed by atoms with Crippen LogP contribution in [-0.2, 0) is 15.0 Å². The Morgan fingerprint density at radius 2 is 2.35 bits per heavy atom. The molecule has 0 aromatic heterocycles. The van der Waals surface area contributed by atoms with Gasteiger partial charge in [0.15, 0.2) is 6.29 Å². The van der Waals surface area contributed by atoms with Gasteiger partial charge in [-0.2, -0.15) is 0 Å². The SMILES string of the molecule is COC(O)c1ccc(C2(N)CCOC2)c(Cl)c1. The average Bonchev–Trinajstić information content (AvgIpc) is 2.75. The normalized spacial score (nSPS) is 26.1. The van der Waals surface area contributed by atoms with Crippen molar-refractivity contribution >= 4 is 11.6 Å². The smallest absolute Gasteiger partial charge is 0.180 e. The second-order valence-corrected chi connectivity index (χ2v) is 4.69. The van der Waals surface area contributed by atoms with Crippen LogP contribution in [0.2, 0.25) is 5.02 Å². The minimum atomic E-state index is -0.963. The minimum absolute atomic E-state index is 0.471. The first-order valence-corrected chi connectivity index (χ1v) is 5.82. The summed E-state index contributed by atoms with van der Waals surface area (Å²) in [5, 5.41) is 10.1. The van der Waals surface area contributed by atoms with Crippen molar-refractivity contribution in [2.24, 2.45) is 5.73 Å². The van der Waals surface area contributed by atoms with Crippen LogP contribution in [0.3, 0.4) is 0 Å². The maximum absolute atomic E-state index is 9.54. The first-order chi connectivity index (χ1) is 8.07. The Morgan fingerprint density at radius 3 is 2.88 bits per heavy atom. The number of halogens is 1. The molecule has 1 fully saturated rings. The minimum Gasteiger partial charge on any atom is -0.379 e. The Kier molecular flexibility index (Phi) is 3.70. The summed E-state index contributed by atoms with van der Waals surface area (Å²) >= 11 is 6.20. The first kappa shape index (κ1) is 12.8. The number of benzene rings is 1. The predicted molar refractivity (Wildman–Crippen MR) is 64.7 cm³/mol. The van der Waals surface area contributed by atoms with E-state index in [4.69, 9.17) is 26.8 Å². The fourth-order valence-electron chi connectivity index (χ4n) is 2.02. The molecule has 2 rings (SSSR count). The summed E-state index contributed by atoms with van der Waals surface area (Å²) in [4.78, 5) is 0. The fourth-order valence-corrected chi connectivity index (χ4v) is 2.40. The summed E-state index contributed by atoms with van der Waals surface area (Å²) in [6, 6.07) is 5.27. The van der Waals surface area contributed by atoms with E-state index in [1.165, 1.54) is 7.11 Å². The number of nitrogens with two attached hydrogens (primary N) is 1. The van der Waals surface area contributed by atoms with Gasteiger partial charge in [0, 0.05) is 24.3 Å². The van der Waals surface area contributed by atoms with Gasteiger partial charge < -0.3 is 20.3 Å². The molecule has 0 bridgehead atoms. The molecule has 2 atom stereocenters. The molecule has 0 radical (unpaired) electrons.